The lowest BCUT2D eigenvalue weighted by atomic mass is 9.96. The Balaban J connectivity index is 1.55. The minimum Gasteiger partial charge on any atom is -0.374 e. The first kappa shape index (κ1) is 19.3. The average molecular weight is 393 g/mol. The Morgan fingerprint density at radius 3 is 2.41 bits per heavy atom. The summed E-state index contributed by atoms with van der Waals surface area (Å²) in [7, 11) is 0. The molecule has 2 aromatic rings. The number of hydrogen-bond donors (Lipinski definition) is 2. The zero-order valence-corrected chi connectivity index (χ0v) is 17.1. The molecular formula is C23H28N4O2. The highest BCUT2D eigenvalue weighted by Gasteiger charge is 2.43. The van der Waals surface area contributed by atoms with Crippen molar-refractivity contribution in [3.63, 3.8) is 0 Å². The molecule has 0 aliphatic carbocycles. The second-order valence-corrected chi connectivity index (χ2v) is 8.18. The van der Waals surface area contributed by atoms with Crippen molar-refractivity contribution in [2.45, 2.75) is 38.6 Å². The molecule has 0 unspecified atom stereocenters. The van der Waals surface area contributed by atoms with Gasteiger partial charge in [-0.1, -0.05) is 24.3 Å². The number of fused-ring (bicyclic) bond motifs is 1. The summed E-state index contributed by atoms with van der Waals surface area (Å²) in [5.41, 5.74) is 2.53. The van der Waals surface area contributed by atoms with Gasteiger partial charge in [-0.3, -0.25) is 14.5 Å². The largest absolute Gasteiger partial charge is 0.374 e. The number of carbonyl (C=O) groups is 2. The Kier molecular flexibility index (Phi) is 5.18. The lowest BCUT2D eigenvalue weighted by Crippen LogP contribution is -2.59. The van der Waals surface area contributed by atoms with E-state index in [-0.39, 0.29) is 18.4 Å². The highest BCUT2D eigenvalue weighted by atomic mass is 16.2. The van der Waals surface area contributed by atoms with Gasteiger partial charge in [-0.25, -0.2) is 0 Å². The molecule has 4 rings (SSSR count). The first-order valence-electron chi connectivity index (χ1n) is 10.3. The third-order valence-electron chi connectivity index (χ3n) is 5.79. The fourth-order valence-electron chi connectivity index (χ4n) is 4.18. The molecule has 0 saturated carbocycles. The van der Waals surface area contributed by atoms with Gasteiger partial charge in [0.15, 0.2) is 0 Å². The smallest absolute Gasteiger partial charge is 0.250 e. The average Bonchev–Trinajstić information content (AvgIpc) is 2.73. The van der Waals surface area contributed by atoms with Crippen LogP contribution < -0.4 is 20.4 Å². The van der Waals surface area contributed by atoms with E-state index in [0.29, 0.717) is 5.69 Å². The molecule has 2 heterocycles. The molecule has 2 aliphatic heterocycles. The maximum Gasteiger partial charge on any atom is 0.250 e. The van der Waals surface area contributed by atoms with Gasteiger partial charge in [0.2, 0.25) is 11.8 Å². The quantitative estimate of drug-likeness (QED) is 0.829. The number of para-hydroxylation sites is 4. The lowest BCUT2D eigenvalue weighted by Gasteiger charge is -2.42. The Morgan fingerprint density at radius 2 is 1.66 bits per heavy atom. The Hall–Kier alpha value is -3.02. The molecule has 6 heteroatoms. The van der Waals surface area contributed by atoms with Gasteiger partial charge in [-0.05, 0) is 57.4 Å². The Morgan fingerprint density at radius 1 is 1.00 bits per heavy atom. The minimum atomic E-state index is -0.959. The number of carbonyl (C=O) groups excluding carboxylic acids is 2. The van der Waals surface area contributed by atoms with E-state index in [4.69, 9.17) is 0 Å². The highest BCUT2D eigenvalue weighted by Crippen LogP contribution is 2.37. The van der Waals surface area contributed by atoms with Crippen LogP contribution in [0.25, 0.3) is 0 Å². The third-order valence-corrected chi connectivity index (χ3v) is 5.79. The second kappa shape index (κ2) is 7.78. The predicted octanol–water partition coefficient (Wildman–Crippen LogP) is 3.85. The number of benzene rings is 2. The summed E-state index contributed by atoms with van der Waals surface area (Å²) in [5.74, 6) is -0.316. The summed E-state index contributed by atoms with van der Waals surface area (Å²) < 4.78 is 0. The van der Waals surface area contributed by atoms with E-state index in [1.54, 1.807) is 18.7 Å². The fourth-order valence-corrected chi connectivity index (χ4v) is 4.18. The predicted molar refractivity (Wildman–Crippen MR) is 118 cm³/mol. The van der Waals surface area contributed by atoms with Crippen molar-refractivity contribution >= 4 is 34.6 Å². The molecule has 0 radical (unpaired) electrons. The molecule has 2 aromatic carbocycles. The fraction of sp³-hybridized carbons (Fsp3) is 0.391. The van der Waals surface area contributed by atoms with Crippen molar-refractivity contribution in [1.29, 1.82) is 0 Å². The standard InChI is InChI=1S/C23H28N4O2/c1-23(2)22(29)25-18-11-5-7-13-20(18)27(23)21(28)16-24-17-10-4-6-12-19(17)26-14-8-3-9-15-26/h4-7,10-13,24H,3,8-9,14-16H2,1-2H3,(H,25,29). The van der Waals surface area contributed by atoms with Gasteiger partial charge in [0.25, 0.3) is 0 Å². The van der Waals surface area contributed by atoms with E-state index < -0.39 is 5.54 Å². The first-order valence-corrected chi connectivity index (χ1v) is 10.3. The molecule has 152 valence electrons. The molecule has 2 aliphatic rings. The van der Waals surface area contributed by atoms with Crippen molar-refractivity contribution in [1.82, 2.24) is 0 Å². The van der Waals surface area contributed by atoms with Crippen molar-refractivity contribution in [2.24, 2.45) is 0 Å². The molecule has 6 nitrogen and oxygen atoms in total. The molecule has 0 aromatic heterocycles. The number of piperidine rings is 1. The Bertz CT molecular complexity index is 919. The van der Waals surface area contributed by atoms with Gasteiger partial charge in [-0.15, -0.1) is 0 Å². The number of anilines is 4. The van der Waals surface area contributed by atoms with Crippen LogP contribution in [0.3, 0.4) is 0 Å². The molecule has 0 spiro atoms. The summed E-state index contributed by atoms with van der Waals surface area (Å²) in [6.45, 7) is 5.75. The molecule has 2 N–H and O–H groups in total. The van der Waals surface area contributed by atoms with Crippen molar-refractivity contribution in [3.8, 4) is 0 Å². The third kappa shape index (κ3) is 3.67. The summed E-state index contributed by atoms with van der Waals surface area (Å²) in [5, 5.41) is 6.23. The van der Waals surface area contributed by atoms with Crippen LogP contribution in [-0.4, -0.2) is 37.0 Å². The van der Waals surface area contributed by atoms with Gasteiger partial charge in [-0.2, -0.15) is 0 Å². The first-order chi connectivity index (χ1) is 14.0. The molecule has 29 heavy (non-hydrogen) atoms. The number of nitrogens with zero attached hydrogens (tertiary/aromatic N) is 2. The maximum absolute atomic E-state index is 13.3. The minimum absolute atomic E-state index is 0.121. The summed E-state index contributed by atoms with van der Waals surface area (Å²) >= 11 is 0. The molecule has 0 bridgehead atoms. The molecule has 2 amide bonds. The highest BCUT2D eigenvalue weighted by molar-refractivity contribution is 6.14. The van der Waals surface area contributed by atoms with Crippen LogP contribution >= 0.6 is 0 Å². The van der Waals surface area contributed by atoms with Crippen LogP contribution in [0.5, 0.6) is 0 Å². The molecular weight excluding hydrogens is 364 g/mol. The van der Waals surface area contributed by atoms with Gasteiger partial charge in [0, 0.05) is 13.1 Å². The number of nitrogens with one attached hydrogen (secondary N) is 2. The van der Waals surface area contributed by atoms with Gasteiger partial charge >= 0.3 is 0 Å². The zero-order valence-electron chi connectivity index (χ0n) is 17.1. The number of hydrogen-bond acceptors (Lipinski definition) is 4. The number of rotatable bonds is 4. The second-order valence-electron chi connectivity index (χ2n) is 8.18. The van der Waals surface area contributed by atoms with Crippen LogP contribution in [0.4, 0.5) is 22.7 Å². The van der Waals surface area contributed by atoms with E-state index >= 15 is 0 Å². The lowest BCUT2D eigenvalue weighted by molar-refractivity contribution is -0.125. The number of amides is 2. The van der Waals surface area contributed by atoms with Gasteiger partial charge in [0.1, 0.15) is 5.54 Å². The van der Waals surface area contributed by atoms with Crippen LogP contribution in [0.15, 0.2) is 48.5 Å². The van der Waals surface area contributed by atoms with Crippen LogP contribution in [0.1, 0.15) is 33.1 Å². The Labute approximate surface area is 171 Å². The van der Waals surface area contributed by atoms with Crippen molar-refractivity contribution < 1.29 is 9.59 Å². The maximum atomic E-state index is 13.3. The zero-order chi connectivity index (χ0) is 20.4. The normalized spacial score (nSPS) is 18.1. The monoisotopic (exact) mass is 392 g/mol. The van der Waals surface area contributed by atoms with E-state index in [1.165, 1.54) is 19.3 Å². The van der Waals surface area contributed by atoms with E-state index in [0.717, 1.165) is 30.2 Å². The van der Waals surface area contributed by atoms with Crippen molar-refractivity contribution in [3.05, 3.63) is 48.5 Å². The van der Waals surface area contributed by atoms with Crippen LogP contribution in [0, 0.1) is 0 Å². The molecule has 1 saturated heterocycles. The van der Waals surface area contributed by atoms with E-state index in [2.05, 4.69) is 21.6 Å². The van der Waals surface area contributed by atoms with E-state index in [1.807, 2.05) is 42.5 Å². The summed E-state index contributed by atoms with van der Waals surface area (Å²) in [6.07, 6.45) is 3.67. The van der Waals surface area contributed by atoms with Crippen molar-refractivity contribution in [2.75, 3.05) is 40.1 Å². The van der Waals surface area contributed by atoms with Crippen LogP contribution in [-0.2, 0) is 9.59 Å². The van der Waals surface area contributed by atoms with E-state index in [9.17, 15) is 9.59 Å². The summed E-state index contributed by atoms with van der Waals surface area (Å²) in [4.78, 5) is 29.8. The molecule has 1 fully saturated rings. The SMILES string of the molecule is CC1(C)C(=O)Nc2ccccc2N1C(=O)CNc1ccccc1N1CCCCC1. The van der Waals surface area contributed by atoms with Gasteiger partial charge in [0.05, 0.1) is 29.3 Å². The van der Waals surface area contributed by atoms with Crippen LogP contribution in [0.2, 0.25) is 0 Å². The summed E-state index contributed by atoms with van der Waals surface area (Å²) in [6, 6.07) is 15.6. The van der Waals surface area contributed by atoms with Gasteiger partial charge < -0.3 is 15.5 Å². The molecule has 0 atom stereocenters. The topological polar surface area (TPSA) is 64.7 Å².